The van der Waals surface area contributed by atoms with E-state index < -0.39 is 17.9 Å². The van der Waals surface area contributed by atoms with Crippen molar-refractivity contribution >= 4 is 17.6 Å². The molecule has 1 aliphatic heterocycles. The molecule has 0 aliphatic carbocycles. The molecule has 1 atom stereocenters. The fourth-order valence-electron chi connectivity index (χ4n) is 2.95. The number of carbonyl (C=O) groups is 2. The van der Waals surface area contributed by atoms with Gasteiger partial charge in [0.1, 0.15) is 17.7 Å². The number of urea groups is 1. The first-order valence-electron chi connectivity index (χ1n) is 8.39. The third-order valence-electron chi connectivity index (χ3n) is 4.32. The van der Waals surface area contributed by atoms with Crippen molar-refractivity contribution in [2.75, 3.05) is 11.9 Å². The number of rotatable bonds is 4. The summed E-state index contributed by atoms with van der Waals surface area (Å²) in [5.74, 6) is -1.10. The number of hydrogen-bond acceptors (Lipinski definition) is 2. The summed E-state index contributed by atoms with van der Waals surface area (Å²) in [4.78, 5) is 26.3. The van der Waals surface area contributed by atoms with Gasteiger partial charge in [0, 0.05) is 24.3 Å². The number of halogens is 2. The lowest BCUT2D eigenvalue weighted by Crippen LogP contribution is -2.47. The molecule has 0 saturated carbocycles. The Labute approximate surface area is 150 Å². The molecular weight excluding hydrogens is 340 g/mol. The Morgan fingerprint density at radius 2 is 1.81 bits per heavy atom. The highest BCUT2D eigenvalue weighted by Crippen LogP contribution is 2.20. The van der Waals surface area contributed by atoms with Gasteiger partial charge in [-0.3, -0.25) is 4.79 Å². The lowest BCUT2D eigenvalue weighted by atomic mass is 10.2. The van der Waals surface area contributed by atoms with Crippen LogP contribution in [0.5, 0.6) is 0 Å². The van der Waals surface area contributed by atoms with Crippen molar-refractivity contribution in [2.45, 2.75) is 25.4 Å². The van der Waals surface area contributed by atoms with E-state index in [0.29, 0.717) is 30.6 Å². The first-order valence-corrected chi connectivity index (χ1v) is 8.39. The van der Waals surface area contributed by atoms with Crippen LogP contribution in [0.25, 0.3) is 0 Å². The molecule has 1 fully saturated rings. The molecule has 2 aromatic rings. The second-order valence-corrected chi connectivity index (χ2v) is 6.10. The maximum Gasteiger partial charge on any atom is 0.322 e. The van der Waals surface area contributed by atoms with Crippen LogP contribution in [0.1, 0.15) is 18.4 Å². The van der Waals surface area contributed by atoms with E-state index in [-0.39, 0.29) is 18.3 Å². The maximum atomic E-state index is 13.6. The number of nitrogens with zero attached hydrogens (tertiary/aromatic N) is 1. The molecule has 3 amide bonds. The molecule has 2 N–H and O–H groups in total. The molecule has 1 aliphatic rings. The molecule has 0 radical (unpaired) electrons. The molecule has 0 spiro atoms. The summed E-state index contributed by atoms with van der Waals surface area (Å²) in [5, 5.41) is 5.35. The minimum Gasteiger partial charge on any atom is -0.350 e. The van der Waals surface area contributed by atoms with Gasteiger partial charge in [0.25, 0.3) is 0 Å². The Kier molecular flexibility index (Phi) is 5.46. The second-order valence-electron chi connectivity index (χ2n) is 6.10. The van der Waals surface area contributed by atoms with Crippen LogP contribution in [-0.2, 0) is 11.3 Å². The molecule has 26 heavy (non-hydrogen) atoms. The highest BCUT2D eigenvalue weighted by molar-refractivity contribution is 5.94. The van der Waals surface area contributed by atoms with Gasteiger partial charge in [-0.1, -0.05) is 18.2 Å². The summed E-state index contributed by atoms with van der Waals surface area (Å²) >= 11 is 0. The Morgan fingerprint density at radius 3 is 2.54 bits per heavy atom. The quantitative estimate of drug-likeness (QED) is 0.880. The topological polar surface area (TPSA) is 61.4 Å². The summed E-state index contributed by atoms with van der Waals surface area (Å²) in [6, 6.07) is 10.6. The number of carbonyl (C=O) groups excluding carboxylic acids is 2. The molecule has 136 valence electrons. The van der Waals surface area contributed by atoms with Gasteiger partial charge >= 0.3 is 6.03 Å². The van der Waals surface area contributed by atoms with Gasteiger partial charge in [-0.05, 0) is 43.2 Å². The van der Waals surface area contributed by atoms with E-state index in [0.717, 1.165) is 0 Å². The molecule has 3 rings (SSSR count). The number of likely N-dealkylation sites (tertiary alicyclic amines) is 1. The predicted molar refractivity (Wildman–Crippen MR) is 93.4 cm³/mol. The molecule has 0 aromatic heterocycles. The van der Waals surface area contributed by atoms with Crippen LogP contribution < -0.4 is 10.6 Å². The van der Waals surface area contributed by atoms with Gasteiger partial charge in [-0.15, -0.1) is 0 Å². The summed E-state index contributed by atoms with van der Waals surface area (Å²) in [7, 11) is 0. The van der Waals surface area contributed by atoms with Crippen LogP contribution in [0.4, 0.5) is 19.3 Å². The Hall–Kier alpha value is -2.96. The van der Waals surface area contributed by atoms with Crippen molar-refractivity contribution in [1.29, 1.82) is 0 Å². The van der Waals surface area contributed by atoms with E-state index in [4.69, 9.17) is 0 Å². The lowest BCUT2D eigenvalue weighted by molar-refractivity contribution is -0.124. The summed E-state index contributed by atoms with van der Waals surface area (Å²) in [6.45, 7) is 0.514. The van der Waals surface area contributed by atoms with Gasteiger partial charge in [0.15, 0.2) is 0 Å². The SMILES string of the molecule is O=C(NCc1ccccc1F)[C@@H]1CCCN1C(=O)Nc1ccc(F)cc1. The number of nitrogens with one attached hydrogen (secondary N) is 2. The molecule has 2 aromatic carbocycles. The normalized spacial score (nSPS) is 16.4. The zero-order valence-corrected chi connectivity index (χ0v) is 14.0. The van der Waals surface area contributed by atoms with Crippen molar-refractivity contribution in [1.82, 2.24) is 10.2 Å². The molecular formula is C19H19F2N3O2. The highest BCUT2D eigenvalue weighted by atomic mass is 19.1. The number of benzene rings is 2. The van der Waals surface area contributed by atoms with Crippen LogP contribution >= 0.6 is 0 Å². The third kappa shape index (κ3) is 4.17. The van der Waals surface area contributed by atoms with E-state index >= 15 is 0 Å². The fourth-order valence-corrected chi connectivity index (χ4v) is 2.95. The molecule has 1 heterocycles. The van der Waals surface area contributed by atoms with Crippen LogP contribution in [0.2, 0.25) is 0 Å². The third-order valence-corrected chi connectivity index (χ3v) is 4.32. The van der Waals surface area contributed by atoms with Crippen LogP contribution in [-0.4, -0.2) is 29.4 Å². The first kappa shape index (κ1) is 17.8. The smallest absolute Gasteiger partial charge is 0.322 e. The molecule has 0 bridgehead atoms. The molecule has 7 heteroatoms. The summed E-state index contributed by atoms with van der Waals surface area (Å²) < 4.78 is 26.6. The van der Waals surface area contributed by atoms with Crippen molar-refractivity contribution in [3.63, 3.8) is 0 Å². The fraction of sp³-hybridized carbons (Fsp3) is 0.263. The van der Waals surface area contributed by atoms with Gasteiger partial charge in [-0.2, -0.15) is 0 Å². The maximum absolute atomic E-state index is 13.6. The summed E-state index contributed by atoms with van der Waals surface area (Å²) in [5.41, 5.74) is 0.843. The zero-order valence-electron chi connectivity index (χ0n) is 14.0. The summed E-state index contributed by atoms with van der Waals surface area (Å²) in [6.07, 6.45) is 1.24. The van der Waals surface area contributed by atoms with E-state index in [1.165, 1.54) is 35.2 Å². The minimum absolute atomic E-state index is 0.0649. The lowest BCUT2D eigenvalue weighted by Gasteiger charge is -2.24. The van der Waals surface area contributed by atoms with Crippen LogP contribution in [0, 0.1) is 11.6 Å². The van der Waals surface area contributed by atoms with E-state index in [9.17, 15) is 18.4 Å². The van der Waals surface area contributed by atoms with Crippen molar-refractivity contribution in [3.8, 4) is 0 Å². The zero-order chi connectivity index (χ0) is 18.5. The number of hydrogen-bond donors (Lipinski definition) is 2. The first-order chi connectivity index (χ1) is 12.5. The van der Waals surface area contributed by atoms with Gasteiger partial charge in [0.05, 0.1) is 0 Å². The standard InChI is InChI=1S/C19H19F2N3O2/c20-14-7-9-15(10-8-14)23-19(26)24-11-3-6-17(24)18(25)22-12-13-4-1-2-5-16(13)21/h1-2,4-5,7-10,17H,3,6,11-12H2,(H,22,25)(H,23,26)/t17-/m0/s1. The number of anilines is 1. The molecule has 5 nitrogen and oxygen atoms in total. The van der Waals surface area contributed by atoms with Crippen molar-refractivity contribution < 1.29 is 18.4 Å². The Morgan fingerprint density at radius 1 is 1.08 bits per heavy atom. The van der Waals surface area contributed by atoms with E-state index in [1.807, 2.05) is 0 Å². The highest BCUT2D eigenvalue weighted by Gasteiger charge is 2.34. The molecule has 0 unspecified atom stereocenters. The van der Waals surface area contributed by atoms with Gasteiger partial charge in [0.2, 0.25) is 5.91 Å². The van der Waals surface area contributed by atoms with Crippen molar-refractivity contribution in [3.05, 3.63) is 65.7 Å². The monoisotopic (exact) mass is 359 g/mol. The Balaban J connectivity index is 1.59. The van der Waals surface area contributed by atoms with Gasteiger partial charge < -0.3 is 15.5 Å². The van der Waals surface area contributed by atoms with Gasteiger partial charge in [-0.25, -0.2) is 13.6 Å². The van der Waals surface area contributed by atoms with Crippen molar-refractivity contribution in [2.24, 2.45) is 0 Å². The predicted octanol–water partition coefficient (Wildman–Crippen LogP) is 3.28. The number of amides is 3. The second kappa shape index (κ2) is 7.95. The Bertz CT molecular complexity index is 796. The van der Waals surface area contributed by atoms with E-state index in [2.05, 4.69) is 10.6 Å². The average molecular weight is 359 g/mol. The van der Waals surface area contributed by atoms with Crippen LogP contribution in [0.3, 0.4) is 0 Å². The largest absolute Gasteiger partial charge is 0.350 e. The van der Waals surface area contributed by atoms with E-state index in [1.54, 1.807) is 18.2 Å². The molecule has 1 saturated heterocycles. The minimum atomic E-state index is -0.609. The van der Waals surface area contributed by atoms with Crippen LogP contribution in [0.15, 0.2) is 48.5 Å². The average Bonchev–Trinajstić information content (AvgIpc) is 3.13.